The third kappa shape index (κ3) is 3.05. The number of carbonyl (C=O) groups excluding carboxylic acids is 3. The number of nitrogens with zero attached hydrogens (tertiary/aromatic N) is 2. The second kappa shape index (κ2) is 7.02. The lowest BCUT2D eigenvalue weighted by Gasteiger charge is -2.32. The molecule has 27 heavy (non-hydrogen) atoms. The minimum Gasteiger partial charge on any atom is -0.466 e. The van der Waals surface area contributed by atoms with Crippen LogP contribution in [0.4, 0.5) is 5.69 Å². The van der Waals surface area contributed by atoms with E-state index < -0.39 is 0 Å². The zero-order valence-electron chi connectivity index (χ0n) is 15.3. The molecule has 2 aromatic carbocycles. The standard InChI is InChI=1S/C21H22N2O4/c1-2-27-21(26)15-9-11-22(12-10-15)18(24)13-23-17-8-4-6-14-5-3-7-16(19(14)17)20(23)25/h3-8,15H,2,9-13H2,1H3. The lowest BCUT2D eigenvalue weighted by molar-refractivity contribution is -0.151. The van der Waals surface area contributed by atoms with Gasteiger partial charge in [0.05, 0.1) is 18.2 Å². The van der Waals surface area contributed by atoms with Gasteiger partial charge in [0.1, 0.15) is 6.54 Å². The maximum atomic E-state index is 12.8. The number of ether oxygens (including phenoxy) is 1. The van der Waals surface area contributed by atoms with Crippen molar-refractivity contribution in [2.75, 3.05) is 31.1 Å². The lowest BCUT2D eigenvalue weighted by Crippen LogP contribution is -2.46. The number of amides is 2. The smallest absolute Gasteiger partial charge is 0.309 e. The largest absolute Gasteiger partial charge is 0.466 e. The van der Waals surface area contributed by atoms with E-state index in [1.54, 1.807) is 16.7 Å². The summed E-state index contributed by atoms with van der Waals surface area (Å²) in [4.78, 5) is 40.7. The van der Waals surface area contributed by atoms with Gasteiger partial charge in [-0.3, -0.25) is 19.3 Å². The number of esters is 1. The molecule has 0 unspecified atom stereocenters. The number of rotatable bonds is 4. The van der Waals surface area contributed by atoms with Gasteiger partial charge in [-0.2, -0.15) is 0 Å². The Kier molecular flexibility index (Phi) is 4.56. The number of piperidine rings is 1. The Morgan fingerprint density at radius 3 is 2.52 bits per heavy atom. The van der Waals surface area contributed by atoms with E-state index in [1.807, 2.05) is 36.4 Å². The van der Waals surface area contributed by atoms with Crippen molar-refractivity contribution < 1.29 is 19.1 Å². The van der Waals surface area contributed by atoms with Crippen LogP contribution in [-0.4, -0.2) is 48.9 Å². The molecule has 1 saturated heterocycles. The molecule has 0 aromatic heterocycles. The molecule has 2 aromatic rings. The summed E-state index contributed by atoms with van der Waals surface area (Å²) >= 11 is 0. The summed E-state index contributed by atoms with van der Waals surface area (Å²) in [5.41, 5.74) is 1.44. The van der Waals surface area contributed by atoms with Gasteiger partial charge in [-0.15, -0.1) is 0 Å². The summed E-state index contributed by atoms with van der Waals surface area (Å²) in [7, 11) is 0. The van der Waals surface area contributed by atoms with E-state index in [4.69, 9.17) is 4.74 Å². The van der Waals surface area contributed by atoms with Crippen LogP contribution in [-0.2, 0) is 14.3 Å². The van der Waals surface area contributed by atoms with Gasteiger partial charge in [-0.1, -0.05) is 24.3 Å². The van der Waals surface area contributed by atoms with E-state index in [0.29, 0.717) is 38.1 Å². The van der Waals surface area contributed by atoms with E-state index in [2.05, 4.69) is 0 Å². The zero-order chi connectivity index (χ0) is 19.0. The molecule has 2 aliphatic heterocycles. The number of carbonyl (C=O) groups is 3. The fourth-order valence-electron chi connectivity index (χ4n) is 4.00. The molecule has 4 rings (SSSR count). The van der Waals surface area contributed by atoms with Crippen LogP contribution in [0.15, 0.2) is 36.4 Å². The van der Waals surface area contributed by atoms with E-state index in [0.717, 1.165) is 16.5 Å². The lowest BCUT2D eigenvalue weighted by atomic mass is 9.97. The molecule has 0 radical (unpaired) electrons. The van der Waals surface area contributed by atoms with Crippen molar-refractivity contribution in [3.05, 3.63) is 42.0 Å². The van der Waals surface area contributed by atoms with Crippen molar-refractivity contribution in [3.8, 4) is 0 Å². The number of benzene rings is 2. The van der Waals surface area contributed by atoms with Gasteiger partial charge in [-0.25, -0.2) is 0 Å². The van der Waals surface area contributed by atoms with Gasteiger partial charge < -0.3 is 9.64 Å². The third-order valence-corrected chi connectivity index (χ3v) is 5.41. The predicted molar refractivity (Wildman–Crippen MR) is 102 cm³/mol. The molecule has 2 heterocycles. The quantitative estimate of drug-likeness (QED) is 0.780. The highest BCUT2D eigenvalue weighted by Crippen LogP contribution is 2.37. The first-order chi connectivity index (χ1) is 13.1. The maximum absolute atomic E-state index is 12.8. The fourth-order valence-corrected chi connectivity index (χ4v) is 4.00. The number of likely N-dealkylation sites (tertiary alicyclic amines) is 1. The molecule has 0 atom stereocenters. The van der Waals surface area contributed by atoms with Crippen molar-refractivity contribution in [1.29, 1.82) is 0 Å². The Bertz CT molecular complexity index is 910. The number of hydrogen-bond acceptors (Lipinski definition) is 4. The molecule has 6 heteroatoms. The maximum Gasteiger partial charge on any atom is 0.309 e. The van der Waals surface area contributed by atoms with Crippen molar-refractivity contribution in [2.24, 2.45) is 5.92 Å². The van der Waals surface area contributed by atoms with Gasteiger partial charge in [0, 0.05) is 24.0 Å². The second-order valence-electron chi connectivity index (χ2n) is 6.98. The van der Waals surface area contributed by atoms with Crippen molar-refractivity contribution in [2.45, 2.75) is 19.8 Å². The molecule has 2 aliphatic rings. The Morgan fingerprint density at radius 1 is 1.11 bits per heavy atom. The summed E-state index contributed by atoms with van der Waals surface area (Å²) in [5, 5.41) is 1.92. The van der Waals surface area contributed by atoms with Crippen LogP contribution < -0.4 is 4.90 Å². The van der Waals surface area contributed by atoms with Crippen LogP contribution in [0.25, 0.3) is 10.8 Å². The number of anilines is 1. The van der Waals surface area contributed by atoms with E-state index in [9.17, 15) is 14.4 Å². The number of hydrogen-bond donors (Lipinski definition) is 0. The Balaban J connectivity index is 1.45. The van der Waals surface area contributed by atoms with E-state index in [-0.39, 0.29) is 30.2 Å². The topological polar surface area (TPSA) is 66.9 Å². The molecule has 0 aliphatic carbocycles. The SMILES string of the molecule is CCOC(=O)C1CCN(C(=O)CN2C(=O)c3cccc4cccc2c34)CC1. The molecular weight excluding hydrogens is 344 g/mol. The summed E-state index contributed by atoms with van der Waals surface area (Å²) in [6.45, 7) is 3.23. The van der Waals surface area contributed by atoms with Crippen LogP contribution in [0.2, 0.25) is 0 Å². The predicted octanol–water partition coefficient (Wildman–Crippen LogP) is 2.60. The van der Waals surface area contributed by atoms with Crippen molar-refractivity contribution in [1.82, 2.24) is 4.90 Å². The molecule has 0 N–H and O–H groups in total. The van der Waals surface area contributed by atoms with Crippen LogP contribution in [0, 0.1) is 5.92 Å². The van der Waals surface area contributed by atoms with Gasteiger partial charge >= 0.3 is 5.97 Å². The van der Waals surface area contributed by atoms with Gasteiger partial charge in [0.15, 0.2) is 0 Å². The highest BCUT2D eigenvalue weighted by molar-refractivity contribution is 6.26. The molecule has 0 saturated carbocycles. The molecule has 1 fully saturated rings. The second-order valence-corrected chi connectivity index (χ2v) is 6.98. The molecule has 2 amide bonds. The van der Waals surface area contributed by atoms with Crippen LogP contribution in [0.1, 0.15) is 30.1 Å². The highest BCUT2D eigenvalue weighted by atomic mass is 16.5. The Hall–Kier alpha value is -2.89. The van der Waals surface area contributed by atoms with Crippen LogP contribution >= 0.6 is 0 Å². The zero-order valence-corrected chi connectivity index (χ0v) is 15.3. The first kappa shape index (κ1) is 17.5. The average Bonchev–Trinajstić information content (AvgIpc) is 2.96. The van der Waals surface area contributed by atoms with Gasteiger partial charge in [0.25, 0.3) is 5.91 Å². The van der Waals surface area contributed by atoms with Crippen molar-refractivity contribution in [3.63, 3.8) is 0 Å². The first-order valence-corrected chi connectivity index (χ1v) is 9.38. The summed E-state index contributed by atoms with van der Waals surface area (Å²) < 4.78 is 5.07. The van der Waals surface area contributed by atoms with Gasteiger partial charge in [0.2, 0.25) is 5.91 Å². The summed E-state index contributed by atoms with van der Waals surface area (Å²) in [6.07, 6.45) is 1.21. The normalized spacial score (nSPS) is 16.9. The fraction of sp³-hybridized carbons (Fsp3) is 0.381. The first-order valence-electron chi connectivity index (χ1n) is 9.38. The van der Waals surface area contributed by atoms with E-state index >= 15 is 0 Å². The molecule has 0 spiro atoms. The Morgan fingerprint density at radius 2 is 1.81 bits per heavy atom. The Labute approximate surface area is 157 Å². The molecular formula is C21H22N2O4. The van der Waals surface area contributed by atoms with Gasteiger partial charge in [-0.05, 0) is 37.3 Å². The highest BCUT2D eigenvalue weighted by Gasteiger charge is 2.33. The van der Waals surface area contributed by atoms with Crippen molar-refractivity contribution >= 4 is 34.2 Å². The molecule has 140 valence electrons. The minimum absolute atomic E-state index is 0.0245. The third-order valence-electron chi connectivity index (χ3n) is 5.41. The summed E-state index contributed by atoms with van der Waals surface area (Å²) in [6, 6.07) is 11.4. The van der Waals surface area contributed by atoms with Crippen LogP contribution in [0.5, 0.6) is 0 Å². The van der Waals surface area contributed by atoms with E-state index in [1.165, 1.54) is 0 Å². The molecule has 0 bridgehead atoms. The van der Waals surface area contributed by atoms with Crippen LogP contribution in [0.3, 0.4) is 0 Å². The molecule has 6 nitrogen and oxygen atoms in total. The monoisotopic (exact) mass is 366 g/mol. The summed E-state index contributed by atoms with van der Waals surface area (Å²) in [5.74, 6) is -0.533. The average molecular weight is 366 g/mol. The minimum atomic E-state index is -0.179.